The van der Waals surface area contributed by atoms with Gasteiger partial charge < -0.3 is 10.6 Å². The average Bonchev–Trinajstić information content (AvgIpc) is 2.87. The Balaban J connectivity index is 1.77. The van der Waals surface area contributed by atoms with Crippen LogP contribution < -0.4 is 10.6 Å². The van der Waals surface area contributed by atoms with E-state index in [0.29, 0.717) is 16.6 Å². The van der Waals surface area contributed by atoms with Crippen LogP contribution in [-0.4, -0.2) is 25.0 Å². The molecular formula is C13H16Cl2N2O. The molecule has 5 heteroatoms. The Labute approximate surface area is 117 Å². The maximum atomic E-state index is 11.7. The lowest BCUT2D eigenvalue weighted by atomic mass is 10.1. The highest BCUT2D eigenvalue weighted by Gasteiger charge is 2.21. The van der Waals surface area contributed by atoms with E-state index in [9.17, 15) is 4.79 Å². The standard InChI is InChI=1S/C13H16Cl2N2O/c14-10-4-3-9(8-11(10)15)5-7-17-13(18)12-2-1-6-16-12/h3-4,8,12,16H,1-2,5-7H2,(H,17,18)/t12-/m0/s1. The minimum Gasteiger partial charge on any atom is -0.354 e. The predicted molar refractivity (Wildman–Crippen MR) is 74.2 cm³/mol. The minimum absolute atomic E-state index is 0.0150. The van der Waals surface area contributed by atoms with Gasteiger partial charge in [0.2, 0.25) is 5.91 Å². The van der Waals surface area contributed by atoms with E-state index >= 15 is 0 Å². The number of halogens is 2. The summed E-state index contributed by atoms with van der Waals surface area (Å²) in [6, 6.07) is 5.52. The zero-order valence-electron chi connectivity index (χ0n) is 10.0. The summed E-state index contributed by atoms with van der Waals surface area (Å²) in [5, 5.41) is 7.21. The fourth-order valence-electron chi connectivity index (χ4n) is 2.06. The highest BCUT2D eigenvalue weighted by Crippen LogP contribution is 2.22. The maximum absolute atomic E-state index is 11.7. The van der Waals surface area contributed by atoms with Crippen molar-refractivity contribution in [1.82, 2.24) is 10.6 Å². The normalized spacial score (nSPS) is 18.9. The van der Waals surface area contributed by atoms with Crippen LogP contribution in [0.2, 0.25) is 10.0 Å². The summed E-state index contributed by atoms with van der Waals surface area (Å²) in [4.78, 5) is 11.7. The number of hydrogen-bond donors (Lipinski definition) is 2. The molecule has 1 aliphatic rings. The number of amides is 1. The first-order valence-corrected chi connectivity index (χ1v) is 6.87. The van der Waals surface area contributed by atoms with Gasteiger partial charge in [-0.1, -0.05) is 29.3 Å². The lowest BCUT2D eigenvalue weighted by Crippen LogP contribution is -2.41. The first-order valence-electron chi connectivity index (χ1n) is 6.12. The first-order chi connectivity index (χ1) is 8.66. The smallest absolute Gasteiger partial charge is 0.237 e. The molecule has 98 valence electrons. The Morgan fingerprint density at radius 3 is 2.89 bits per heavy atom. The second-order valence-electron chi connectivity index (χ2n) is 4.44. The Bertz CT molecular complexity index is 431. The molecule has 0 saturated carbocycles. The van der Waals surface area contributed by atoms with Crippen molar-refractivity contribution < 1.29 is 4.79 Å². The van der Waals surface area contributed by atoms with Crippen molar-refractivity contribution in [2.24, 2.45) is 0 Å². The minimum atomic E-state index is -0.0150. The molecule has 1 heterocycles. The number of hydrogen-bond acceptors (Lipinski definition) is 2. The molecule has 0 unspecified atom stereocenters. The average molecular weight is 287 g/mol. The quantitative estimate of drug-likeness (QED) is 0.893. The number of carbonyl (C=O) groups excluding carboxylic acids is 1. The Morgan fingerprint density at radius 2 is 2.22 bits per heavy atom. The van der Waals surface area contributed by atoms with E-state index in [-0.39, 0.29) is 11.9 Å². The van der Waals surface area contributed by atoms with E-state index in [1.54, 1.807) is 6.07 Å². The summed E-state index contributed by atoms with van der Waals surface area (Å²) in [7, 11) is 0. The topological polar surface area (TPSA) is 41.1 Å². The molecule has 0 spiro atoms. The molecule has 1 aromatic carbocycles. The van der Waals surface area contributed by atoms with Crippen molar-refractivity contribution in [3.8, 4) is 0 Å². The third-order valence-electron chi connectivity index (χ3n) is 3.07. The first kappa shape index (κ1) is 13.7. The lowest BCUT2D eigenvalue weighted by Gasteiger charge is -2.11. The van der Waals surface area contributed by atoms with Crippen LogP contribution >= 0.6 is 23.2 Å². The third kappa shape index (κ3) is 3.61. The van der Waals surface area contributed by atoms with E-state index in [1.165, 1.54) is 0 Å². The predicted octanol–water partition coefficient (Wildman–Crippen LogP) is 2.40. The fraction of sp³-hybridized carbons (Fsp3) is 0.462. The number of benzene rings is 1. The Kier molecular flexibility index (Phi) is 4.87. The molecule has 1 saturated heterocycles. The highest BCUT2D eigenvalue weighted by atomic mass is 35.5. The Morgan fingerprint density at radius 1 is 1.39 bits per heavy atom. The summed E-state index contributed by atoms with van der Waals surface area (Å²) in [5.41, 5.74) is 1.07. The number of nitrogens with one attached hydrogen (secondary N) is 2. The summed E-state index contributed by atoms with van der Waals surface area (Å²) < 4.78 is 0. The van der Waals surface area contributed by atoms with Crippen molar-refractivity contribution in [1.29, 1.82) is 0 Å². The summed E-state index contributed by atoms with van der Waals surface area (Å²) in [6.07, 6.45) is 2.76. The molecule has 18 heavy (non-hydrogen) atoms. The van der Waals surface area contributed by atoms with Crippen molar-refractivity contribution in [3.63, 3.8) is 0 Å². The van der Waals surface area contributed by atoms with Gasteiger partial charge in [-0.2, -0.15) is 0 Å². The lowest BCUT2D eigenvalue weighted by molar-refractivity contribution is -0.122. The van der Waals surface area contributed by atoms with E-state index in [1.807, 2.05) is 12.1 Å². The molecule has 1 atom stereocenters. The van der Waals surface area contributed by atoms with Crippen LogP contribution in [0.25, 0.3) is 0 Å². The molecule has 1 fully saturated rings. The van der Waals surface area contributed by atoms with Crippen LogP contribution in [0.4, 0.5) is 0 Å². The monoisotopic (exact) mass is 286 g/mol. The highest BCUT2D eigenvalue weighted by molar-refractivity contribution is 6.42. The second-order valence-corrected chi connectivity index (χ2v) is 5.25. The van der Waals surface area contributed by atoms with Gasteiger partial charge in [0.1, 0.15) is 0 Å². The molecule has 2 N–H and O–H groups in total. The van der Waals surface area contributed by atoms with Crippen LogP contribution in [0.3, 0.4) is 0 Å². The van der Waals surface area contributed by atoms with Gasteiger partial charge in [0.25, 0.3) is 0 Å². The zero-order valence-corrected chi connectivity index (χ0v) is 11.5. The van der Waals surface area contributed by atoms with Crippen molar-refractivity contribution in [2.45, 2.75) is 25.3 Å². The zero-order chi connectivity index (χ0) is 13.0. The summed E-state index contributed by atoms with van der Waals surface area (Å²) in [6.45, 7) is 1.56. The van der Waals surface area contributed by atoms with Gasteiger partial charge in [-0.25, -0.2) is 0 Å². The van der Waals surface area contributed by atoms with Gasteiger partial charge in [0.15, 0.2) is 0 Å². The largest absolute Gasteiger partial charge is 0.354 e. The van der Waals surface area contributed by atoms with Gasteiger partial charge in [-0.15, -0.1) is 0 Å². The van der Waals surface area contributed by atoms with E-state index in [0.717, 1.165) is 31.4 Å². The SMILES string of the molecule is O=C(NCCc1ccc(Cl)c(Cl)c1)[C@@H]1CCCN1. The van der Waals surface area contributed by atoms with Crippen LogP contribution in [-0.2, 0) is 11.2 Å². The molecule has 0 aliphatic carbocycles. The molecular weight excluding hydrogens is 271 g/mol. The van der Waals surface area contributed by atoms with Crippen molar-refractivity contribution in [2.75, 3.05) is 13.1 Å². The molecule has 0 radical (unpaired) electrons. The number of rotatable bonds is 4. The number of carbonyl (C=O) groups is 1. The Hall–Kier alpha value is -0.770. The van der Waals surface area contributed by atoms with E-state index < -0.39 is 0 Å². The van der Waals surface area contributed by atoms with Crippen molar-refractivity contribution >= 4 is 29.1 Å². The second kappa shape index (κ2) is 6.41. The van der Waals surface area contributed by atoms with Gasteiger partial charge in [0, 0.05) is 6.54 Å². The maximum Gasteiger partial charge on any atom is 0.237 e. The summed E-state index contributed by atoms with van der Waals surface area (Å²) in [5.74, 6) is 0.0903. The third-order valence-corrected chi connectivity index (χ3v) is 3.81. The fourth-order valence-corrected chi connectivity index (χ4v) is 2.38. The van der Waals surface area contributed by atoms with Gasteiger partial charge in [-0.05, 0) is 43.5 Å². The molecule has 1 amide bonds. The van der Waals surface area contributed by atoms with Crippen LogP contribution in [0, 0.1) is 0 Å². The van der Waals surface area contributed by atoms with Crippen LogP contribution in [0.15, 0.2) is 18.2 Å². The molecule has 0 aromatic heterocycles. The molecule has 0 bridgehead atoms. The van der Waals surface area contributed by atoms with Gasteiger partial charge in [-0.3, -0.25) is 4.79 Å². The van der Waals surface area contributed by atoms with Gasteiger partial charge in [0.05, 0.1) is 16.1 Å². The molecule has 2 rings (SSSR count). The van der Waals surface area contributed by atoms with Gasteiger partial charge >= 0.3 is 0 Å². The van der Waals surface area contributed by atoms with Crippen molar-refractivity contribution in [3.05, 3.63) is 33.8 Å². The van der Waals surface area contributed by atoms with Crippen LogP contribution in [0.5, 0.6) is 0 Å². The molecule has 1 aliphatic heterocycles. The van der Waals surface area contributed by atoms with Crippen LogP contribution in [0.1, 0.15) is 18.4 Å². The molecule has 1 aromatic rings. The molecule has 3 nitrogen and oxygen atoms in total. The van der Waals surface area contributed by atoms with E-state index in [4.69, 9.17) is 23.2 Å². The van der Waals surface area contributed by atoms with E-state index in [2.05, 4.69) is 10.6 Å². The summed E-state index contributed by atoms with van der Waals surface area (Å²) >= 11 is 11.8.